The number of carbonyl (C=O) groups is 3. The van der Waals surface area contributed by atoms with Gasteiger partial charge in [0.05, 0.1) is 0 Å². The molecule has 0 rings (SSSR count). The number of unbranched alkanes of at least 4 members (excludes halogenated alkanes) is 25. The molecule has 0 aliphatic heterocycles. The molecule has 0 aliphatic carbocycles. The van der Waals surface area contributed by atoms with Gasteiger partial charge in [-0.25, -0.2) is 0 Å². The average molecular weight is 998 g/mol. The summed E-state index contributed by atoms with van der Waals surface area (Å²) in [4.78, 5) is 38.2. The standard InChI is InChI=1S/C66H108O6/c1-4-7-10-13-16-19-22-25-28-31-33-36-38-41-44-47-50-53-56-59-65(68)71-62-63(61-70-64(67)58-55-52-49-46-43-40-37-34-30-27-24-21-18-15-12-9-6-3)72-66(69)60-57-54-51-48-45-42-39-35-32-29-26-23-20-17-14-11-8-5-2/h16-23,25-27,29-30,32,35,37,39-40,46,49,63H,4-15,24,28,31,33-34,36,38,41-45,47-48,50-62H2,1-3H3/b19-16-,20-17-,21-18-,25-22-,26-23-,30-27-,32-29-,39-35-,40-37-,49-46-. The van der Waals surface area contributed by atoms with Gasteiger partial charge >= 0.3 is 17.9 Å². The highest BCUT2D eigenvalue weighted by Gasteiger charge is 2.19. The van der Waals surface area contributed by atoms with Crippen LogP contribution in [0.25, 0.3) is 0 Å². The van der Waals surface area contributed by atoms with Crippen LogP contribution in [0.15, 0.2) is 122 Å². The number of rotatable bonds is 52. The zero-order chi connectivity index (χ0) is 52.2. The van der Waals surface area contributed by atoms with Gasteiger partial charge < -0.3 is 14.2 Å². The molecule has 1 unspecified atom stereocenters. The first-order valence-corrected chi connectivity index (χ1v) is 29.6. The van der Waals surface area contributed by atoms with Crippen molar-refractivity contribution in [2.24, 2.45) is 0 Å². The molecule has 6 heteroatoms. The Morgan fingerprint density at radius 1 is 0.292 bits per heavy atom. The molecule has 0 aliphatic rings. The molecule has 0 N–H and O–H groups in total. The minimum atomic E-state index is -0.819. The van der Waals surface area contributed by atoms with Crippen molar-refractivity contribution in [3.63, 3.8) is 0 Å². The van der Waals surface area contributed by atoms with E-state index in [4.69, 9.17) is 14.2 Å². The van der Waals surface area contributed by atoms with Gasteiger partial charge in [0, 0.05) is 19.3 Å². The van der Waals surface area contributed by atoms with Crippen LogP contribution in [0, 0.1) is 0 Å². The fourth-order valence-electron chi connectivity index (χ4n) is 7.79. The summed E-state index contributed by atoms with van der Waals surface area (Å²) in [7, 11) is 0. The van der Waals surface area contributed by atoms with Crippen molar-refractivity contribution in [2.75, 3.05) is 13.2 Å². The van der Waals surface area contributed by atoms with E-state index in [0.717, 1.165) is 89.9 Å². The van der Waals surface area contributed by atoms with Crippen LogP contribution in [0.3, 0.4) is 0 Å². The summed E-state index contributed by atoms with van der Waals surface area (Å²) in [6.07, 6.45) is 81.8. The maximum atomic E-state index is 12.9. The highest BCUT2D eigenvalue weighted by molar-refractivity contribution is 5.71. The van der Waals surface area contributed by atoms with Gasteiger partial charge in [0.2, 0.25) is 0 Å². The Morgan fingerprint density at radius 3 is 0.972 bits per heavy atom. The van der Waals surface area contributed by atoms with E-state index < -0.39 is 6.10 Å². The van der Waals surface area contributed by atoms with E-state index >= 15 is 0 Å². The summed E-state index contributed by atoms with van der Waals surface area (Å²) >= 11 is 0. The quantitative estimate of drug-likeness (QED) is 0.0199. The molecule has 1 atom stereocenters. The van der Waals surface area contributed by atoms with E-state index in [1.54, 1.807) is 0 Å². The van der Waals surface area contributed by atoms with Crippen LogP contribution in [-0.4, -0.2) is 37.2 Å². The van der Waals surface area contributed by atoms with E-state index in [2.05, 4.69) is 142 Å². The lowest BCUT2D eigenvalue weighted by molar-refractivity contribution is -0.167. The Balaban J connectivity index is 4.53. The summed E-state index contributed by atoms with van der Waals surface area (Å²) < 4.78 is 16.8. The molecule has 0 saturated carbocycles. The molecule has 0 aromatic rings. The number of carbonyl (C=O) groups excluding carboxylic acids is 3. The summed E-state index contributed by atoms with van der Waals surface area (Å²) in [5.74, 6) is -0.994. The molecular weight excluding hydrogens is 889 g/mol. The fraction of sp³-hybridized carbons (Fsp3) is 0.652. The summed E-state index contributed by atoms with van der Waals surface area (Å²) in [6, 6.07) is 0. The molecule has 0 heterocycles. The second-order valence-corrected chi connectivity index (χ2v) is 19.3. The molecule has 0 bridgehead atoms. The number of esters is 3. The van der Waals surface area contributed by atoms with Crippen molar-refractivity contribution in [1.29, 1.82) is 0 Å². The molecule has 0 amide bonds. The van der Waals surface area contributed by atoms with Crippen LogP contribution in [0.5, 0.6) is 0 Å². The lowest BCUT2D eigenvalue weighted by atomic mass is 10.1. The first-order chi connectivity index (χ1) is 35.5. The van der Waals surface area contributed by atoms with E-state index in [1.165, 1.54) is 122 Å². The highest BCUT2D eigenvalue weighted by atomic mass is 16.6. The van der Waals surface area contributed by atoms with Crippen LogP contribution in [-0.2, 0) is 28.6 Å². The largest absolute Gasteiger partial charge is 0.462 e. The number of allylic oxidation sites excluding steroid dienone is 20. The van der Waals surface area contributed by atoms with Crippen LogP contribution in [0.1, 0.15) is 258 Å². The van der Waals surface area contributed by atoms with Crippen molar-refractivity contribution in [3.8, 4) is 0 Å². The summed E-state index contributed by atoms with van der Waals surface area (Å²) in [5.41, 5.74) is 0. The predicted octanol–water partition coefficient (Wildman–Crippen LogP) is 20.0. The molecule has 0 aromatic heterocycles. The maximum absolute atomic E-state index is 12.9. The van der Waals surface area contributed by atoms with Crippen LogP contribution in [0.4, 0.5) is 0 Å². The fourth-order valence-corrected chi connectivity index (χ4v) is 7.79. The summed E-state index contributed by atoms with van der Waals surface area (Å²) in [5, 5.41) is 0. The topological polar surface area (TPSA) is 78.9 Å². The Bertz CT molecular complexity index is 1520. The molecule has 0 radical (unpaired) electrons. The Labute approximate surface area is 443 Å². The van der Waals surface area contributed by atoms with Crippen LogP contribution >= 0.6 is 0 Å². The van der Waals surface area contributed by atoms with Gasteiger partial charge in [0.1, 0.15) is 13.2 Å². The molecular formula is C66H108O6. The normalized spacial score (nSPS) is 13.0. The molecule has 0 spiro atoms. The second kappa shape index (κ2) is 59.4. The number of ether oxygens (including phenoxy) is 3. The van der Waals surface area contributed by atoms with Gasteiger partial charge in [-0.3, -0.25) is 14.4 Å². The minimum absolute atomic E-state index is 0.109. The van der Waals surface area contributed by atoms with Crippen molar-refractivity contribution in [3.05, 3.63) is 122 Å². The van der Waals surface area contributed by atoms with Gasteiger partial charge in [-0.05, 0) is 109 Å². The second-order valence-electron chi connectivity index (χ2n) is 19.3. The monoisotopic (exact) mass is 997 g/mol. The van der Waals surface area contributed by atoms with Crippen molar-refractivity contribution < 1.29 is 28.6 Å². The summed E-state index contributed by atoms with van der Waals surface area (Å²) in [6.45, 7) is 6.48. The molecule has 0 saturated heterocycles. The van der Waals surface area contributed by atoms with E-state index in [0.29, 0.717) is 12.8 Å². The zero-order valence-corrected chi connectivity index (χ0v) is 46.7. The Hall–Kier alpha value is -4.19. The highest BCUT2D eigenvalue weighted by Crippen LogP contribution is 2.14. The van der Waals surface area contributed by atoms with Gasteiger partial charge in [-0.1, -0.05) is 251 Å². The molecule has 0 aromatic carbocycles. The number of hydrogen-bond acceptors (Lipinski definition) is 6. The molecule has 0 fully saturated rings. The zero-order valence-electron chi connectivity index (χ0n) is 46.7. The van der Waals surface area contributed by atoms with E-state index in [-0.39, 0.29) is 44.0 Å². The minimum Gasteiger partial charge on any atom is -0.462 e. The van der Waals surface area contributed by atoms with Gasteiger partial charge in [0.15, 0.2) is 6.10 Å². The lowest BCUT2D eigenvalue weighted by Gasteiger charge is -2.18. The van der Waals surface area contributed by atoms with Crippen LogP contribution < -0.4 is 0 Å². The van der Waals surface area contributed by atoms with Crippen molar-refractivity contribution in [1.82, 2.24) is 0 Å². The SMILES string of the molecule is CCCCC\C=C/C=C\C=C/C=C\CCCCCCCC(=O)OC(COC(=O)CCC/C=C\C/C=C\C/C=C\C/C=C\CCCCC)COC(=O)CCCCCCCCCCCC/C=C\C=C/CCCCC. The lowest BCUT2D eigenvalue weighted by Crippen LogP contribution is -2.30. The third-order valence-electron chi connectivity index (χ3n) is 12.3. The Kier molecular flexibility index (Phi) is 55.9. The maximum Gasteiger partial charge on any atom is 0.306 e. The van der Waals surface area contributed by atoms with Gasteiger partial charge in [-0.15, -0.1) is 0 Å². The van der Waals surface area contributed by atoms with Gasteiger partial charge in [-0.2, -0.15) is 0 Å². The molecule has 6 nitrogen and oxygen atoms in total. The third-order valence-corrected chi connectivity index (χ3v) is 12.3. The third kappa shape index (κ3) is 56.7. The first kappa shape index (κ1) is 67.8. The Morgan fingerprint density at radius 2 is 0.569 bits per heavy atom. The molecule has 408 valence electrons. The van der Waals surface area contributed by atoms with Gasteiger partial charge in [0.25, 0.3) is 0 Å². The van der Waals surface area contributed by atoms with Crippen molar-refractivity contribution in [2.45, 2.75) is 264 Å². The smallest absolute Gasteiger partial charge is 0.306 e. The van der Waals surface area contributed by atoms with Crippen molar-refractivity contribution >= 4 is 17.9 Å². The van der Waals surface area contributed by atoms with Crippen LogP contribution in [0.2, 0.25) is 0 Å². The van der Waals surface area contributed by atoms with E-state index in [9.17, 15) is 14.4 Å². The molecule has 72 heavy (non-hydrogen) atoms. The first-order valence-electron chi connectivity index (χ1n) is 29.6. The van der Waals surface area contributed by atoms with E-state index in [1.807, 2.05) is 0 Å². The number of hydrogen-bond donors (Lipinski definition) is 0. The average Bonchev–Trinajstić information content (AvgIpc) is 3.38. The predicted molar refractivity (Wildman–Crippen MR) is 311 cm³/mol.